The maximum Gasteiger partial charge on any atom is 0.375 e. The van der Waals surface area contributed by atoms with Crippen LogP contribution in [0.4, 0.5) is 5.69 Å². The summed E-state index contributed by atoms with van der Waals surface area (Å²) in [7, 11) is 0. The highest BCUT2D eigenvalue weighted by atomic mass is 16.6. The Morgan fingerprint density at radius 2 is 1.71 bits per heavy atom. The predicted molar refractivity (Wildman–Crippen MR) is 101 cm³/mol. The number of hydrogen-bond acceptors (Lipinski definition) is 6. The van der Waals surface area contributed by atoms with E-state index in [4.69, 9.17) is 9.15 Å². The number of carbonyl (C=O) groups excluding carboxylic acids is 2. The summed E-state index contributed by atoms with van der Waals surface area (Å²) in [6.45, 7) is 2.93. The predicted octanol–water partition coefficient (Wildman–Crippen LogP) is 3.80. The summed E-state index contributed by atoms with van der Waals surface area (Å²) in [5.41, 5.74) is 0.564. The number of esters is 1. The molecule has 0 unspecified atom stereocenters. The Labute approximate surface area is 162 Å². The van der Waals surface area contributed by atoms with Crippen molar-refractivity contribution < 1.29 is 23.7 Å². The van der Waals surface area contributed by atoms with Crippen LogP contribution in [0.2, 0.25) is 0 Å². The van der Waals surface area contributed by atoms with Crippen molar-refractivity contribution in [1.82, 2.24) is 4.90 Å². The molecule has 1 saturated heterocycles. The quantitative estimate of drug-likeness (QED) is 0.440. The number of likely N-dealkylation sites (tertiary alicyclic amines) is 1. The number of hydrogen-bond donors (Lipinski definition) is 0. The Balaban J connectivity index is 1.63. The van der Waals surface area contributed by atoms with E-state index in [1.807, 2.05) is 0 Å². The summed E-state index contributed by atoms with van der Waals surface area (Å²) in [5, 5.41) is 10.7. The first-order valence-electron chi connectivity index (χ1n) is 9.30. The van der Waals surface area contributed by atoms with Crippen LogP contribution in [-0.2, 0) is 9.53 Å². The maximum atomic E-state index is 12.5. The Morgan fingerprint density at radius 3 is 2.32 bits per heavy atom. The van der Waals surface area contributed by atoms with Gasteiger partial charge >= 0.3 is 5.97 Å². The number of nitro benzene ring substituents is 1. The van der Waals surface area contributed by atoms with Gasteiger partial charge in [-0.1, -0.05) is 12.8 Å². The lowest BCUT2D eigenvalue weighted by atomic mass is 10.1. The molecule has 0 N–H and O–H groups in total. The van der Waals surface area contributed by atoms with Gasteiger partial charge in [0.1, 0.15) is 5.76 Å². The van der Waals surface area contributed by atoms with Crippen LogP contribution in [0.25, 0.3) is 11.3 Å². The third-order valence-corrected chi connectivity index (χ3v) is 4.72. The lowest BCUT2D eigenvalue weighted by Gasteiger charge is -2.23. The van der Waals surface area contributed by atoms with Crippen molar-refractivity contribution in [3.8, 4) is 11.3 Å². The number of non-ortho nitro benzene ring substituents is 1. The van der Waals surface area contributed by atoms with E-state index in [2.05, 4.69) is 0 Å². The van der Waals surface area contributed by atoms with E-state index in [0.717, 1.165) is 25.7 Å². The van der Waals surface area contributed by atoms with E-state index in [-0.39, 0.29) is 17.4 Å². The molecule has 0 aliphatic carbocycles. The molecule has 1 atom stereocenters. The van der Waals surface area contributed by atoms with Gasteiger partial charge in [-0.25, -0.2) is 4.79 Å². The lowest BCUT2D eigenvalue weighted by Crippen LogP contribution is -2.40. The molecule has 1 aliphatic rings. The largest absolute Gasteiger partial charge is 0.449 e. The van der Waals surface area contributed by atoms with Crippen LogP contribution in [-0.4, -0.2) is 40.9 Å². The minimum atomic E-state index is -0.890. The van der Waals surface area contributed by atoms with Crippen molar-refractivity contribution in [3.05, 3.63) is 52.3 Å². The van der Waals surface area contributed by atoms with Crippen LogP contribution < -0.4 is 0 Å². The van der Waals surface area contributed by atoms with Crippen LogP contribution in [0.3, 0.4) is 0 Å². The molecule has 0 saturated carbocycles. The Bertz CT molecular complexity index is 850. The van der Waals surface area contributed by atoms with Gasteiger partial charge in [-0.3, -0.25) is 14.9 Å². The van der Waals surface area contributed by atoms with Gasteiger partial charge in [-0.2, -0.15) is 0 Å². The van der Waals surface area contributed by atoms with E-state index in [0.29, 0.717) is 24.4 Å². The Kier molecular flexibility index (Phi) is 6.08. The van der Waals surface area contributed by atoms with Crippen molar-refractivity contribution in [3.63, 3.8) is 0 Å². The molecular weight excluding hydrogens is 364 g/mol. The van der Waals surface area contributed by atoms with Crippen molar-refractivity contribution in [1.29, 1.82) is 0 Å². The fourth-order valence-electron chi connectivity index (χ4n) is 3.17. The molecule has 0 spiro atoms. The molecule has 2 heterocycles. The molecule has 1 aliphatic heterocycles. The normalized spacial score (nSPS) is 15.5. The van der Waals surface area contributed by atoms with Gasteiger partial charge < -0.3 is 14.1 Å². The third-order valence-electron chi connectivity index (χ3n) is 4.72. The molecule has 0 bridgehead atoms. The summed E-state index contributed by atoms with van der Waals surface area (Å²) in [6.07, 6.45) is 3.25. The van der Waals surface area contributed by atoms with Gasteiger partial charge in [-0.15, -0.1) is 0 Å². The zero-order chi connectivity index (χ0) is 20.1. The first-order chi connectivity index (χ1) is 13.5. The van der Waals surface area contributed by atoms with Crippen molar-refractivity contribution in [2.24, 2.45) is 0 Å². The summed E-state index contributed by atoms with van der Waals surface area (Å²) in [5.74, 6) is -0.557. The SMILES string of the molecule is C[C@H](OC(=O)c1ccc(-c2ccc([N+](=O)[O-])cc2)o1)C(=O)N1CCCCCC1. The number of furan rings is 1. The number of benzene rings is 1. The highest BCUT2D eigenvalue weighted by Gasteiger charge is 2.26. The van der Waals surface area contributed by atoms with Gasteiger partial charge in [0.2, 0.25) is 5.76 Å². The zero-order valence-electron chi connectivity index (χ0n) is 15.6. The highest BCUT2D eigenvalue weighted by Crippen LogP contribution is 2.25. The molecule has 1 amide bonds. The van der Waals surface area contributed by atoms with Crippen LogP contribution in [0.15, 0.2) is 40.8 Å². The first kappa shape index (κ1) is 19.6. The smallest absolute Gasteiger partial charge is 0.375 e. The molecule has 148 valence electrons. The van der Waals surface area contributed by atoms with Gasteiger partial charge in [0.15, 0.2) is 6.10 Å². The molecule has 2 aromatic rings. The summed E-state index contributed by atoms with van der Waals surface area (Å²) < 4.78 is 10.8. The van der Waals surface area contributed by atoms with Crippen molar-refractivity contribution in [2.45, 2.75) is 38.7 Å². The first-order valence-corrected chi connectivity index (χ1v) is 9.30. The number of amides is 1. The van der Waals surface area contributed by atoms with Crippen LogP contribution in [0.5, 0.6) is 0 Å². The van der Waals surface area contributed by atoms with Crippen LogP contribution in [0.1, 0.15) is 43.2 Å². The minimum absolute atomic E-state index is 0.0242. The summed E-state index contributed by atoms with van der Waals surface area (Å²) in [6, 6.07) is 8.84. The monoisotopic (exact) mass is 386 g/mol. The van der Waals surface area contributed by atoms with E-state index in [1.165, 1.54) is 30.3 Å². The number of ether oxygens (including phenoxy) is 1. The average Bonchev–Trinajstić information content (AvgIpc) is 3.03. The van der Waals surface area contributed by atoms with Gasteiger partial charge in [0.05, 0.1) is 4.92 Å². The third kappa shape index (κ3) is 4.57. The second-order valence-corrected chi connectivity index (χ2v) is 6.75. The number of rotatable bonds is 5. The zero-order valence-corrected chi connectivity index (χ0v) is 15.6. The summed E-state index contributed by atoms with van der Waals surface area (Å²) >= 11 is 0. The second-order valence-electron chi connectivity index (χ2n) is 6.75. The topological polar surface area (TPSA) is 103 Å². The van der Waals surface area contributed by atoms with Gasteiger partial charge in [0, 0.05) is 30.8 Å². The Hall–Kier alpha value is -3.16. The van der Waals surface area contributed by atoms with Crippen molar-refractivity contribution in [2.75, 3.05) is 13.1 Å². The fraction of sp³-hybridized carbons (Fsp3) is 0.400. The van der Waals surface area contributed by atoms with E-state index >= 15 is 0 Å². The molecule has 1 aromatic heterocycles. The average molecular weight is 386 g/mol. The molecular formula is C20H22N2O6. The van der Waals surface area contributed by atoms with Gasteiger partial charge in [0.25, 0.3) is 11.6 Å². The van der Waals surface area contributed by atoms with E-state index in [1.54, 1.807) is 17.9 Å². The summed E-state index contributed by atoms with van der Waals surface area (Å²) in [4.78, 5) is 36.8. The lowest BCUT2D eigenvalue weighted by molar-refractivity contribution is -0.384. The highest BCUT2D eigenvalue weighted by molar-refractivity contribution is 5.90. The van der Waals surface area contributed by atoms with Gasteiger partial charge in [-0.05, 0) is 44.0 Å². The molecule has 3 rings (SSSR count). The minimum Gasteiger partial charge on any atom is -0.449 e. The second kappa shape index (κ2) is 8.69. The molecule has 1 aromatic carbocycles. The van der Waals surface area contributed by atoms with Crippen molar-refractivity contribution >= 4 is 17.6 Å². The molecule has 8 heteroatoms. The fourth-order valence-corrected chi connectivity index (χ4v) is 3.17. The number of carbonyl (C=O) groups is 2. The number of nitrogens with zero attached hydrogens (tertiary/aromatic N) is 2. The molecule has 0 radical (unpaired) electrons. The molecule has 28 heavy (non-hydrogen) atoms. The van der Waals surface area contributed by atoms with Crippen LogP contribution >= 0.6 is 0 Å². The number of nitro groups is 1. The van der Waals surface area contributed by atoms with E-state index in [9.17, 15) is 19.7 Å². The molecule has 1 fully saturated rings. The van der Waals surface area contributed by atoms with Crippen LogP contribution in [0, 0.1) is 10.1 Å². The standard InChI is InChI=1S/C20H22N2O6/c1-14(19(23)21-12-4-2-3-5-13-21)27-20(24)18-11-10-17(28-18)15-6-8-16(9-7-15)22(25)26/h6-11,14H,2-5,12-13H2,1H3/t14-/m0/s1. The molecule has 8 nitrogen and oxygen atoms in total. The van der Waals surface area contributed by atoms with E-state index < -0.39 is 17.0 Å². The Morgan fingerprint density at radius 1 is 1.07 bits per heavy atom. The maximum absolute atomic E-state index is 12.5.